The van der Waals surface area contributed by atoms with E-state index in [1.54, 1.807) is 6.26 Å². The summed E-state index contributed by atoms with van der Waals surface area (Å²) in [5, 5.41) is 9.01. The van der Waals surface area contributed by atoms with Gasteiger partial charge in [-0.3, -0.25) is 0 Å². The van der Waals surface area contributed by atoms with Gasteiger partial charge >= 0.3 is 0 Å². The Morgan fingerprint density at radius 2 is 2.25 bits per heavy atom. The van der Waals surface area contributed by atoms with Gasteiger partial charge in [0.05, 0.1) is 4.47 Å². The minimum atomic E-state index is -0.0999. The zero-order chi connectivity index (χ0) is 9.19. The lowest BCUT2D eigenvalue weighted by molar-refractivity contribution is 0.153. The topological polar surface area (TPSA) is 33.4 Å². The molecule has 0 amide bonds. The molecule has 0 saturated carbocycles. The molecular weight excluding hydrogens is 220 g/mol. The van der Waals surface area contributed by atoms with Crippen LogP contribution in [0.2, 0.25) is 0 Å². The van der Waals surface area contributed by atoms with Crippen LogP contribution in [-0.2, 0) is 6.42 Å². The molecular formula is C9H13BrO2. The summed E-state index contributed by atoms with van der Waals surface area (Å²) in [6, 6.07) is 1.93. The Kier molecular flexibility index (Phi) is 2.96. The zero-order valence-electron chi connectivity index (χ0n) is 7.30. The Morgan fingerprint density at radius 1 is 1.58 bits per heavy atom. The second-order valence-electron chi connectivity index (χ2n) is 3.73. The maximum Gasteiger partial charge on any atom is 0.105 e. The van der Waals surface area contributed by atoms with Gasteiger partial charge in [0.15, 0.2) is 0 Å². The highest BCUT2D eigenvalue weighted by atomic mass is 79.9. The molecule has 0 aliphatic heterocycles. The third-order valence-electron chi connectivity index (χ3n) is 1.70. The Balaban J connectivity index is 2.63. The largest absolute Gasteiger partial charge is 0.468 e. The van der Waals surface area contributed by atoms with Crippen LogP contribution in [0.25, 0.3) is 0 Å². The summed E-state index contributed by atoms with van der Waals surface area (Å²) in [7, 11) is 0. The maximum absolute atomic E-state index is 9.01. The molecule has 0 spiro atoms. The highest BCUT2D eigenvalue weighted by Gasteiger charge is 2.18. The van der Waals surface area contributed by atoms with Crippen LogP contribution in [-0.4, -0.2) is 11.7 Å². The Bertz CT molecular complexity index is 253. The van der Waals surface area contributed by atoms with E-state index in [-0.39, 0.29) is 12.0 Å². The summed E-state index contributed by atoms with van der Waals surface area (Å²) in [6.45, 7) is 4.18. The molecule has 2 nitrogen and oxygen atoms in total. The van der Waals surface area contributed by atoms with E-state index < -0.39 is 0 Å². The summed E-state index contributed by atoms with van der Waals surface area (Å²) in [4.78, 5) is 0. The third-order valence-corrected chi connectivity index (χ3v) is 2.12. The van der Waals surface area contributed by atoms with Crippen LogP contribution < -0.4 is 0 Å². The summed E-state index contributed by atoms with van der Waals surface area (Å²) < 4.78 is 6.19. The SMILES string of the molecule is CC(C)(CO)Cc1cc(Br)co1. The van der Waals surface area contributed by atoms with Gasteiger partial charge in [-0.05, 0) is 27.4 Å². The van der Waals surface area contributed by atoms with Crippen molar-refractivity contribution in [2.75, 3.05) is 6.61 Å². The highest BCUT2D eigenvalue weighted by molar-refractivity contribution is 9.10. The molecule has 0 unspecified atom stereocenters. The van der Waals surface area contributed by atoms with E-state index in [2.05, 4.69) is 15.9 Å². The number of aliphatic hydroxyl groups is 1. The van der Waals surface area contributed by atoms with Crippen molar-refractivity contribution in [3.05, 3.63) is 22.6 Å². The van der Waals surface area contributed by atoms with Gasteiger partial charge < -0.3 is 9.52 Å². The number of rotatable bonds is 3. The molecule has 0 aliphatic carbocycles. The second kappa shape index (κ2) is 3.62. The lowest BCUT2D eigenvalue weighted by Crippen LogP contribution is -2.19. The van der Waals surface area contributed by atoms with Gasteiger partial charge in [0.25, 0.3) is 0 Å². The van der Waals surface area contributed by atoms with Gasteiger partial charge in [-0.15, -0.1) is 0 Å². The third kappa shape index (κ3) is 2.64. The molecule has 0 aliphatic rings. The number of furan rings is 1. The van der Waals surface area contributed by atoms with Crippen molar-refractivity contribution < 1.29 is 9.52 Å². The molecule has 0 fully saturated rings. The summed E-state index contributed by atoms with van der Waals surface area (Å²) >= 11 is 3.31. The van der Waals surface area contributed by atoms with Crippen molar-refractivity contribution in [3.8, 4) is 0 Å². The number of hydrogen-bond acceptors (Lipinski definition) is 2. The second-order valence-corrected chi connectivity index (χ2v) is 4.65. The molecule has 68 valence electrons. The van der Waals surface area contributed by atoms with Crippen LogP contribution in [0.4, 0.5) is 0 Å². The minimum Gasteiger partial charge on any atom is -0.468 e. The van der Waals surface area contributed by atoms with Gasteiger partial charge in [-0.2, -0.15) is 0 Å². The molecule has 1 N–H and O–H groups in total. The number of hydrogen-bond donors (Lipinski definition) is 1. The fourth-order valence-corrected chi connectivity index (χ4v) is 1.32. The molecule has 0 radical (unpaired) electrons. The fourth-order valence-electron chi connectivity index (χ4n) is 0.974. The summed E-state index contributed by atoms with van der Waals surface area (Å²) in [5.41, 5.74) is -0.0999. The van der Waals surface area contributed by atoms with Crippen molar-refractivity contribution in [2.24, 2.45) is 5.41 Å². The van der Waals surface area contributed by atoms with E-state index in [1.165, 1.54) is 0 Å². The van der Waals surface area contributed by atoms with E-state index in [9.17, 15) is 0 Å². The van der Waals surface area contributed by atoms with Crippen molar-refractivity contribution in [2.45, 2.75) is 20.3 Å². The van der Waals surface area contributed by atoms with E-state index in [0.717, 1.165) is 16.7 Å². The lowest BCUT2D eigenvalue weighted by Gasteiger charge is -2.19. The van der Waals surface area contributed by atoms with E-state index in [4.69, 9.17) is 9.52 Å². The van der Waals surface area contributed by atoms with Crippen molar-refractivity contribution in [1.82, 2.24) is 0 Å². The standard InChI is InChI=1S/C9H13BrO2/c1-9(2,6-11)4-8-3-7(10)5-12-8/h3,5,11H,4,6H2,1-2H3. The molecule has 1 aromatic heterocycles. The van der Waals surface area contributed by atoms with Gasteiger partial charge in [0.1, 0.15) is 12.0 Å². The van der Waals surface area contributed by atoms with Crippen LogP contribution in [0.15, 0.2) is 21.2 Å². The first-order chi connectivity index (χ1) is 5.53. The molecule has 0 bridgehead atoms. The number of halogens is 1. The summed E-state index contributed by atoms with van der Waals surface area (Å²) in [6.07, 6.45) is 2.41. The lowest BCUT2D eigenvalue weighted by atomic mass is 9.89. The molecule has 1 heterocycles. The first kappa shape index (κ1) is 9.81. The van der Waals surface area contributed by atoms with E-state index in [1.807, 2.05) is 19.9 Å². The molecule has 0 saturated heterocycles. The van der Waals surface area contributed by atoms with Crippen LogP contribution in [0.3, 0.4) is 0 Å². The monoisotopic (exact) mass is 232 g/mol. The number of aliphatic hydroxyl groups excluding tert-OH is 1. The van der Waals surface area contributed by atoms with E-state index in [0.29, 0.717) is 0 Å². The minimum absolute atomic E-state index is 0.0999. The Labute approximate surface area is 80.7 Å². The molecule has 1 rings (SSSR count). The van der Waals surface area contributed by atoms with Crippen molar-refractivity contribution in [1.29, 1.82) is 0 Å². The van der Waals surface area contributed by atoms with Crippen LogP contribution >= 0.6 is 15.9 Å². The van der Waals surface area contributed by atoms with Gasteiger partial charge in [0, 0.05) is 13.0 Å². The Hall–Kier alpha value is -0.280. The van der Waals surface area contributed by atoms with Crippen molar-refractivity contribution in [3.63, 3.8) is 0 Å². The molecule has 3 heteroatoms. The quantitative estimate of drug-likeness (QED) is 0.870. The fraction of sp³-hybridized carbons (Fsp3) is 0.556. The van der Waals surface area contributed by atoms with E-state index >= 15 is 0 Å². The average Bonchev–Trinajstić information content (AvgIpc) is 2.35. The predicted molar refractivity (Wildman–Crippen MR) is 51.0 cm³/mol. The molecule has 0 aromatic carbocycles. The van der Waals surface area contributed by atoms with Crippen LogP contribution in [0.5, 0.6) is 0 Å². The first-order valence-electron chi connectivity index (χ1n) is 3.87. The average molecular weight is 233 g/mol. The summed E-state index contributed by atoms with van der Waals surface area (Å²) in [5.74, 6) is 0.904. The van der Waals surface area contributed by atoms with Crippen LogP contribution in [0.1, 0.15) is 19.6 Å². The van der Waals surface area contributed by atoms with Gasteiger partial charge in [-0.25, -0.2) is 0 Å². The van der Waals surface area contributed by atoms with Gasteiger partial charge in [0.2, 0.25) is 0 Å². The first-order valence-corrected chi connectivity index (χ1v) is 4.66. The van der Waals surface area contributed by atoms with Gasteiger partial charge in [-0.1, -0.05) is 13.8 Å². The molecule has 1 aromatic rings. The molecule has 0 atom stereocenters. The van der Waals surface area contributed by atoms with Crippen LogP contribution in [0, 0.1) is 5.41 Å². The predicted octanol–water partition coefficient (Wildman–Crippen LogP) is 2.60. The molecule has 12 heavy (non-hydrogen) atoms. The highest BCUT2D eigenvalue weighted by Crippen LogP contribution is 2.23. The van der Waals surface area contributed by atoms with Crippen molar-refractivity contribution >= 4 is 15.9 Å². The Morgan fingerprint density at radius 3 is 2.67 bits per heavy atom. The normalized spacial score (nSPS) is 12.0. The smallest absolute Gasteiger partial charge is 0.105 e. The zero-order valence-corrected chi connectivity index (χ0v) is 8.89. The maximum atomic E-state index is 9.01.